The van der Waals surface area contributed by atoms with Crippen LogP contribution in [0.4, 0.5) is 0 Å². The quantitative estimate of drug-likeness (QED) is 0.727. The fourth-order valence-electron chi connectivity index (χ4n) is 2.23. The van der Waals surface area contributed by atoms with Crippen LogP contribution in [0.1, 0.15) is 46.0 Å². The summed E-state index contributed by atoms with van der Waals surface area (Å²) < 4.78 is 0. The van der Waals surface area contributed by atoms with E-state index < -0.39 is 0 Å². The lowest BCUT2D eigenvalue weighted by Crippen LogP contribution is -2.44. The van der Waals surface area contributed by atoms with Crippen LogP contribution in [0.5, 0.6) is 0 Å². The lowest BCUT2D eigenvalue weighted by Gasteiger charge is -2.30. The molecule has 1 heterocycles. The second-order valence-electron chi connectivity index (χ2n) is 5.05. The van der Waals surface area contributed by atoms with Gasteiger partial charge < -0.3 is 10.2 Å². The molecule has 3 heteroatoms. The number of carbonyl (C=O) groups is 1. The van der Waals surface area contributed by atoms with Gasteiger partial charge in [-0.2, -0.15) is 0 Å². The van der Waals surface area contributed by atoms with Gasteiger partial charge in [0.1, 0.15) is 0 Å². The molecule has 2 atom stereocenters. The second kappa shape index (κ2) is 6.89. The Balaban J connectivity index is 2.27. The molecule has 1 aliphatic rings. The van der Waals surface area contributed by atoms with E-state index in [1.165, 1.54) is 12.8 Å². The summed E-state index contributed by atoms with van der Waals surface area (Å²) in [5.41, 5.74) is 0. The van der Waals surface area contributed by atoms with Gasteiger partial charge in [0.25, 0.3) is 0 Å². The van der Waals surface area contributed by atoms with Crippen molar-refractivity contribution in [3.8, 4) is 0 Å². The molecule has 1 fully saturated rings. The number of unbranched alkanes of at least 4 members (excludes halogenated alkanes) is 2. The predicted octanol–water partition coefficient (Wildman–Crippen LogP) is 2.02. The van der Waals surface area contributed by atoms with E-state index in [1.54, 1.807) is 0 Å². The van der Waals surface area contributed by atoms with Crippen LogP contribution in [0, 0.1) is 5.92 Å². The van der Waals surface area contributed by atoms with Crippen molar-refractivity contribution in [1.29, 1.82) is 0 Å². The van der Waals surface area contributed by atoms with E-state index in [1.807, 2.05) is 11.9 Å². The van der Waals surface area contributed by atoms with Gasteiger partial charge in [-0.05, 0) is 26.2 Å². The molecule has 1 aliphatic heterocycles. The molecule has 2 unspecified atom stereocenters. The maximum Gasteiger partial charge on any atom is 0.226 e. The van der Waals surface area contributed by atoms with Crippen LogP contribution in [0.3, 0.4) is 0 Å². The molecule has 0 saturated carbocycles. The van der Waals surface area contributed by atoms with Crippen LogP contribution in [-0.4, -0.2) is 37.0 Å². The molecule has 94 valence electrons. The van der Waals surface area contributed by atoms with Crippen LogP contribution in [0.15, 0.2) is 0 Å². The zero-order valence-electron chi connectivity index (χ0n) is 11.0. The van der Waals surface area contributed by atoms with Crippen molar-refractivity contribution in [2.75, 3.05) is 20.1 Å². The Kier molecular flexibility index (Phi) is 5.81. The van der Waals surface area contributed by atoms with Crippen LogP contribution < -0.4 is 5.32 Å². The Hall–Kier alpha value is -0.570. The monoisotopic (exact) mass is 226 g/mol. The molecular formula is C13H26N2O. The van der Waals surface area contributed by atoms with Gasteiger partial charge in [-0.3, -0.25) is 4.79 Å². The van der Waals surface area contributed by atoms with E-state index in [0.29, 0.717) is 11.9 Å². The Bertz CT molecular complexity index is 210. The molecule has 1 saturated heterocycles. The minimum Gasteiger partial charge on any atom is -0.345 e. The number of hydrogen-bond donors (Lipinski definition) is 1. The van der Waals surface area contributed by atoms with E-state index in [2.05, 4.69) is 19.2 Å². The number of nitrogens with zero attached hydrogens (tertiary/aromatic N) is 1. The minimum absolute atomic E-state index is 0.211. The molecule has 3 nitrogen and oxygen atoms in total. The van der Waals surface area contributed by atoms with Crippen molar-refractivity contribution in [2.45, 2.75) is 52.0 Å². The Labute approximate surface area is 99.6 Å². The molecule has 0 aromatic heterocycles. The summed E-state index contributed by atoms with van der Waals surface area (Å²) in [5.74, 6) is 0.540. The first-order valence-electron chi connectivity index (χ1n) is 6.63. The second-order valence-corrected chi connectivity index (χ2v) is 5.05. The van der Waals surface area contributed by atoms with Gasteiger partial charge in [-0.25, -0.2) is 0 Å². The van der Waals surface area contributed by atoms with Gasteiger partial charge in [0, 0.05) is 26.2 Å². The van der Waals surface area contributed by atoms with Crippen LogP contribution in [0.25, 0.3) is 0 Å². The molecule has 1 amide bonds. The van der Waals surface area contributed by atoms with Gasteiger partial charge in [-0.1, -0.05) is 19.8 Å². The summed E-state index contributed by atoms with van der Waals surface area (Å²) in [6.45, 7) is 6.15. The zero-order chi connectivity index (χ0) is 12.0. The fourth-order valence-corrected chi connectivity index (χ4v) is 2.23. The molecular weight excluding hydrogens is 200 g/mol. The molecule has 1 N–H and O–H groups in total. The molecule has 1 rings (SSSR count). The molecule has 0 bridgehead atoms. The summed E-state index contributed by atoms with van der Waals surface area (Å²) in [7, 11) is 1.94. The highest BCUT2D eigenvalue weighted by Crippen LogP contribution is 2.16. The lowest BCUT2D eigenvalue weighted by molar-refractivity contribution is -0.134. The number of piperidine rings is 1. The fraction of sp³-hybridized carbons (Fsp3) is 0.923. The number of amides is 1. The molecule has 0 radical (unpaired) electrons. The highest BCUT2D eigenvalue weighted by atomic mass is 16.2. The Morgan fingerprint density at radius 3 is 2.69 bits per heavy atom. The molecule has 0 aliphatic carbocycles. The largest absolute Gasteiger partial charge is 0.345 e. The van der Waals surface area contributed by atoms with E-state index in [4.69, 9.17) is 0 Å². The van der Waals surface area contributed by atoms with Crippen molar-refractivity contribution < 1.29 is 4.79 Å². The summed E-state index contributed by atoms with van der Waals surface area (Å²) >= 11 is 0. The highest BCUT2D eigenvalue weighted by Gasteiger charge is 2.25. The Morgan fingerprint density at radius 1 is 1.38 bits per heavy atom. The van der Waals surface area contributed by atoms with Crippen molar-refractivity contribution in [3.05, 3.63) is 0 Å². The molecule has 16 heavy (non-hydrogen) atoms. The molecule has 0 aromatic rings. The summed E-state index contributed by atoms with van der Waals surface area (Å²) in [4.78, 5) is 14.0. The van der Waals surface area contributed by atoms with Crippen molar-refractivity contribution >= 4 is 5.91 Å². The van der Waals surface area contributed by atoms with Gasteiger partial charge in [0.05, 0.1) is 5.92 Å². The van der Waals surface area contributed by atoms with Gasteiger partial charge >= 0.3 is 0 Å². The maximum atomic E-state index is 12.1. The van der Waals surface area contributed by atoms with Crippen LogP contribution >= 0.6 is 0 Å². The van der Waals surface area contributed by atoms with Crippen molar-refractivity contribution in [1.82, 2.24) is 10.2 Å². The first kappa shape index (κ1) is 13.5. The predicted molar refractivity (Wildman–Crippen MR) is 67.4 cm³/mol. The van der Waals surface area contributed by atoms with E-state index >= 15 is 0 Å². The summed E-state index contributed by atoms with van der Waals surface area (Å²) in [6.07, 6.45) is 5.74. The smallest absolute Gasteiger partial charge is 0.226 e. The number of hydrogen-bond acceptors (Lipinski definition) is 2. The maximum absolute atomic E-state index is 12.1. The minimum atomic E-state index is 0.211. The van der Waals surface area contributed by atoms with Gasteiger partial charge in [-0.15, -0.1) is 0 Å². The molecule has 0 aromatic carbocycles. The van der Waals surface area contributed by atoms with Gasteiger partial charge in [0.2, 0.25) is 5.91 Å². The van der Waals surface area contributed by atoms with Gasteiger partial charge in [0.15, 0.2) is 0 Å². The number of nitrogens with one attached hydrogen (secondary N) is 1. The third-order valence-electron chi connectivity index (χ3n) is 3.48. The zero-order valence-corrected chi connectivity index (χ0v) is 11.0. The lowest BCUT2D eigenvalue weighted by atomic mass is 9.94. The number of rotatable bonds is 5. The first-order valence-corrected chi connectivity index (χ1v) is 6.63. The summed E-state index contributed by atoms with van der Waals surface area (Å²) in [6, 6.07) is 0.578. The molecule has 0 spiro atoms. The third kappa shape index (κ3) is 4.12. The van der Waals surface area contributed by atoms with E-state index in [0.717, 1.165) is 32.4 Å². The van der Waals surface area contributed by atoms with E-state index in [-0.39, 0.29) is 5.92 Å². The van der Waals surface area contributed by atoms with E-state index in [9.17, 15) is 4.79 Å². The number of carbonyl (C=O) groups excluding carboxylic acids is 1. The van der Waals surface area contributed by atoms with Crippen molar-refractivity contribution in [3.63, 3.8) is 0 Å². The topological polar surface area (TPSA) is 32.3 Å². The van der Waals surface area contributed by atoms with Crippen LogP contribution in [0.2, 0.25) is 0 Å². The van der Waals surface area contributed by atoms with Crippen LogP contribution in [-0.2, 0) is 4.79 Å². The standard InChI is InChI=1S/C13H26N2O/c1-4-5-6-9-15(3)13(16)12-8-7-11(2)14-10-12/h11-12,14H,4-10H2,1-3H3. The SMILES string of the molecule is CCCCCN(C)C(=O)C1CCC(C)NC1. The summed E-state index contributed by atoms with van der Waals surface area (Å²) in [5, 5.41) is 3.39. The first-order chi connectivity index (χ1) is 7.65. The third-order valence-corrected chi connectivity index (χ3v) is 3.48. The average Bonchev–Trinajstić information content (AvgIpc) is 2.29. The average molecular weight is 226 g/mol. The Morgan fingerprint density at radius 2 is 2.12 bits per heavy atom. The van der Waals surface area contributed by atoms with Crippen molar-refractivity contribution in [2.24, 2.45) is 5.92 Å². The normalized spacial score (nSPS) is 25.4. The highest BCUT2D eigenvalue weighted by molar-refractivity contribution is 5.78.